The molecule has 19 heavy (non-hydrogen) atoms. The number of rotatable bonds is 7. The van der Waals surface area contributed by atoms with E-state index >= 15 is 0 Å². The average molecular weight is 285 g/mol. The van der Waals surface area contributed by atoms with Gasteiger partial charge in [-0.3, -0.25) is 0 Å². The van der Waals surface area contributed by atoms with Crippen LogP contribution in [-0.4, -0.2) is 33.4 Å². The largest absolute Gasteiger partial charge is 0.382 e. The molecule has 1 aromatic carbocycles. The molecular weight excluding hydrogens is 262 g/mol. The van der Waals surface area contributed by atoms with Crippen molar-refractivity contribution in [1.82, 2.24) is 0 Å². The lowest BCUT2D eigenvalue weighted by molar-refractivity contribution is 0.158. The van der Waals surface area contributed by atoms with Crippen LogP contribution >= 0.6 is 0 Å². The summed E-state index contributed by atoms with van der Waals surface area (Å²) in [6, 6.07) is 7.02. The molecule has 0 aliphatic rings. The van der Waals surface area contributed by atoms with Crippen molar-refractivity contribution in [3.63, 3.8) is 0 Å². The van der Waals surface area contributed by atoms with E-state index in [0.717, 1.165) is 0 Å². The van der Waals surface area contributed by atoms with Crippen molar-refractivity contribution in [2.75, 3.05) is 24.8 Å². The molecule has 0 spiro atoms. The van der Waals surface area contributed by atoms with E-state index < -0.39 is 9.84 Å². The number of sulfone groups is 1. The minimum Gasteiger partial charge on any atom is -0.382 e. The molecule has 5 heteroatoms. The lowest BCUT2D eigenvalue weighted by Crippen LogP contribution is -2.36. The second kappa shape index (κ2) is 6.39. The van der Waals surface area contributed by atoms with Crippen LogP contribution in [0.25, 0.3) is 0 Å². The second-order valence-electron chi connectivity index (χ2n) is 5.26. The van der Waals surface area contributed by atoms with Crippen molar-refractivity contribution in [2.45, 2.75) is 37.6 Å². The molecule has 0 unspecified atom stereocenters. The Labute approximate surface area is 116 Å². The van der Waals surface area contributed by atoms with Gasteiger partial charge < -0.3 is 10.1 Å². The number of ether oxygens (including phenoxy) is 1. The Bertz CT molecular complexity index is 509. The SMILES string of the molecule is CCCS(=O)(=O)c1ccccc1NC(C)(C)COC. The summed E-state index contributed by atoms with van der Waals surface area (Å²) in [4.78, 5) is 0.362. The molecule has 0 saturated carbocycles. The van der Waals surface area contributed by atoms with Gasteiger partial charge in [-0.2, -0.15) is 0 Å². The predicted molar refractivity (Wildman–Crippen MR) is 78.4 cm³/mol. The first kappa shape index (κ1) is 16.0. The van der Waals surface area contributed by atoms with Gasteiger partial charge in [-0.1, -0.05) is 19.1 Å². The van der Waals surface area contributed by atoms with E-state index in [1.54, 1.807) is 25.3 Å². The molecule has 0 amide bonds. The van der Waals surface area contributed by atoms with E-state index in [2.05, 4.69) is 5.32 Å². The van der Waals surface area contributed by atoms with Gasteiger partial charge in [0.25, 0.3) is 0 Å². The van der Waals surface area contributed by atoms with Gasteiger partial charge in [0.2, 0.25) is 0 Å². The predicted octanol–water partition coefficient (Wildman–Crippen LogP) is 2.71. The van der Waals surface area contributed by atoms with Gasteiger partial charge in [0.05, 0.1) is 28.5 Å². The third kappa shape index (κ3) is 4.51. The second-order valence-corrected chi connectivity index (χ2v) is 7.33. The number of hydrogen-bond acceptors (Lipinski definition) is 4. The molecule has 1 aromatic rings. The van der Waals surface area contributed by atoms with E-state index in [0.29, 0.717) is 23.6 Å². The third-order valence-corrected chi connectivity index (χ3v) is 4.65. The molecule has 1 rings (SSSR count). The van der Waals surface area contributed by atoms with Crippen LogP contribution in [0.4, 0.5) is 5.69 Å². The van der Waals surface area contributed by atoms with E-state index in [4.69, 9.17) is 4.74 Å². The molecule has 0 aliphatic heterocycles. The van der Waals surface area contributed by atoms with Crippen LogP contribution in [0.2, 0.25) is 0 Å². The van der Waals surface area contributed by atoms with E-state index in [1.165, 1.54) is 0 Å². The Balaban J connectivity index is 3.10. The van der Waals surface area contributed by atoms with Crippen molar-refractivity contribution < 1.29 is 13.2 Å². The van der Waals surface area contributed by atoms with E-state index in [-0.39, 0.29) is 11.3 Å². The molecular formula is C14H23NO3S. The first-order valence-corrected chi connectivity index (χ1v) is 8.06. The standard InChI is InChI=1S/C14H23NO3S/c1-5-10-19(16,17)13-9-7-6-8-12(13)15-14(2,3)11-18-4/h6-9,15H,5,10-11H2,1-4H3. The molecule has 0 atom stereocenters. The Morgan fingerprint density at radius 3 is 2.47 bits per heavy atom. The maximum atomic E-state index is 12.2. The summed E-state index contributed by atoms with van der Waals surface area (Å²) in [6.07, 6.45) is 0.609. The summed E-state index contributed by atoms with van der Waals surface area (Å²) >= 11 is 0. The molecule has 0 bridgehead atoms. The molecule has 0 aliphatic carbocycles. The van der Waals surface area contributed by atoms with Crippen LogP contribution in [0, 0.1) is 0 Å². The zero-order chi connectivity index (χ0) is 14.5. The molecule has 1 N–H and O–H groups in total. The highest BCUT2D eigenvalue weighted by Crippen LogP contribution is 2.25. The smallest absolute Gasteiger partial charge is 0.180 e. The van der Waals surface area contributed by atoms with Gasteiger partial charge in [0, 0.05) is 7.11 Å². The van der Waals surface area contributed by atoms with Crippen molar-refractivity contribution in [3.8, 4) is 0 Å². The lowest BCUT2D eigenvalue weighted by Gasteiger charge is -2.27. The van der Waals surface area contributed by atoms with Crippen LogP contribution in [0.1, 0.15) is 27.2 Å². The Morgan fingerprint density at radius 2 is 1.89 bits per heavy atom. The molecule has 108 valence electrons. The van der Waals surface area contributed by atoms with Crippen molar-refractivity contribution in [2.24, 2.45) is 0 Å². The Morgan fingerprint density at radius 1 is 1.26 bits per heavy atom. The third-order valence-electron chi connectivity index (χ3n) is 2.67. The van der Waals surface area contributed by atoms with E-state index in [1.807, 2.05) is 26.8 Å². The molecule has 4 nitrogen and oxygen atoms in total. The fourth-order valence-electron chi connectivity index (χ4n) is 1.98. The molecule has 0 fully saturated rings. The average Bonchev–Trinajstić information content (AvgIpc) is 2.28. The normalized spacial score (nSPS) is 12.4. The minimum absolute atomic E-state index is 0.163. The lowest BCUT2D eigenvalue weighted by atomic mass is 10.1. The number of hydrogen-bond donors (Lipinski definition) is 1. The van der Waals surface area contributed by atoms with Crippen molar-refractivity contribution >= 4 is 15.5 Å². The van der Waals surface area contributed by atoms with E-state index in [9.17, 15) is 8.42 Å². The van der Waals surface area contributed by atoms with Gasteiger partial charge >= 0.3 is 0 Å². The maximum Gasteiger partial charge on any atom is 0.180 e. The van der Waals surface area contributed by atoms with Crippen molar-refractivity contribution in [1.29, 1.82) is 0 Å². The Hall–Kier alpha value is -1.07. The molecule has 0 saturated heterocycles. The summed E-state index contributed by atoms with van der Waals surface area (Å²) in [7, 11) is -1.60. The highest BCUT2D eigenvalue weighted by atomic mass is 32.2. The maximum absolute atomic E-state index is 12.2. The van der Waals surface area contributed by atoms with Gasteiger partial charge in [-0.05, 0) is 32.4 Å². The first-order valence-electron chi connectivity index (χ1n) is 6.41. The fraction of sp³-hybridized carbons (Fsp3) is 0.571. The van der Waals surface area contributed by atoms with Crippen LogP contribution in [0.15, 0.2) is 29.2 Å². The van der Waals surface area contributed by atoms with Gasteiger partial charge in [0.1, 0.15) is 0 Å². The fourth-order valence-corrected chi connectivity index (χ4v) is 3.48. The van der Waals surface area contributed by atoms with Gasteiger partial charge in [-0.25, -0.2) is 8.42 Å². The molecule has 0 radical (unpaired) electrons. The molecule has 0 heterocycles. The number of anilines is 1. The topological polar surface area (TPSA) is 55.4 Å². The first-order chi connectivity index (χ1) is 8.82. The zero-order valence-corrected chi connectivity index (χ0v) is 12.9. The quantitative estimate of drug-likeness (QED) is 0.837. The summed E-state index contributed by atoms with van der Waals surface area (Å²) in [6.45, 7) is 6.30. The monoisotopic (exact) mass is 285 g/mol. The number of benzene rings is 1. The van der Waals surface area contributed by atoms with Gasteiger partial charge in [-0.15, -0.1) is 0 Å². The van der Waals surface area contributed by atoms with Crippen molar-refractivity contribution in [3.05, 3.63) is 24.3 Å². The number of para-hydroxylation sites is 1. The summed E-state index contributed by atoms with van der Waals surface area (Å²) in [5.74, 6) is 0.163. The van der Waals surface area contributed by atoms with Crippen LogP contribution in [-0.2, 0) is 14.6 Å². The summed E-state index contributed by atoms with van der Waals surface area (Å²) in [5, 5.41) is 3.25. The number of nitrogens with one attached hydrogen (secondary N) is 1. The van der Waals surface area contributed by atoms with Gasteiger partial charge in [0.15, 0.2) is 9.84 Å². The zero-order valence-electron chi connectivity index (χ0n) is 12.1. The van der Waals surface area contributed by atoms with Crippen LogP contribution in [0.3, 0.4) is 0 Å². The highest BCUT2D eigenvalue weighted by Gasteiger charge is 2.22. The minimum atomic E-state index is -3.23. The highest BCUT2D eigenvalue weighted by molar-refractivity contribution is 7.91. The molecule has 0 aromatic heterocycles. The summed E-state index contributed by atoms with van der Waals surface area (Å²) < 4.78 is 29.6. The van der Waals surface area contributed by atoms with Crippen LogP contribution < -0.4 is 5.32 Å². The number of methoxy groups -OCH3 is 1. The summed E-state index contributed by atoms with van der Waals surface area (Å²) in [5.41, 5.74) is 0.310. The Kier molecular flexibility index (Phi) is 5.38. The van der Waals surface area contributed by atoms with Crippen LogP contribution in [0.5, 0.6) is 0 Å².